The van der Waals surface area contributed by atoms with Crippen LogP contribution in [0.3, 0.4) is 0 Å². The van der Waals surface area contributed by atoms with Crippen molar-refractivity contribution in [2.45, 2.75) is 25.7 Å². The number of aromatic amines is 1. The summed E-state index contributed by atoms with van der Waals surface area (Å²) in [4.78, 5) is 30.2. The largest absolute Gasteiger partial charge is 0.338 e. The van der Waals surface area contributed by atoms with E-state index in [0.29, 0.717) is 17.5 Å². The van der Waals surface area contributed by atoms with E-state index >= 15 is 0 Å². The van der Waals surface area contributed by atoms with E-state index in [4.69, 9.17) is 0 Å². The van der Waals surface area contributed by atoms with Crippen LogP contribution in [0.2, 0.25) is 0 Å². The molecule has 2 aromatic heterocycles. The Morgan fingerprint density at radius 2 is 2.12 bits per heavy atom. The van der Waals surface area contributed by atoms with Gasteiger partial charge in [-0.05, 0) is 37.3 Å². The highest BCUT2D eigenvalue weighted by atomic mass is 16.2. The van der Waals surface area contributed by atoms with Crippen molar-refractivity contribution in [1.82, 2.24) is 19.7 Å². The van der Waals surface area contributed by atoms with Crippen LogP contribution >= 0.6 is 0 Å². The number of nitrogens with one attached hydrogen (secondary N) is 1. The van der Waals surface area contributed by atoms with Crippen molar-refractivity contribution >= 4 is 16.7 Å². The van der Waals surface area contributed by atoms with Gasteiger partial charge in [0.1, 0.15) is 0 Å². The van der Waals surface area contributed by atoms with Gasteiger partial charge in [0, 0.05) is 42.8 Å². The molecule has 0 radical (unpaired) electrons. The van der Waals surface area contributed by atoms with Gasteiger partial charge in [-0.2, -0.15) is 5.10 Å². The predicted octanol–water partition coefficient (Wildman–Crippen LogP) is 2.59. The molecule has 0 aliphatic carbocycles. The Hall–Kier alpha value is -2.89. The van der Waals surface area contributed by atoms with Crippen LogP contribution in [0.25, 0.3) is 10.8 Å². The highest BCUT2D eigenvalue weighted by Crippen LogP contribution is 2.27. The zero-order valence-electron chi connectivity index (χ0n) is 15.0. The monoisotopic (exact) mass is 350 g/mol. The minimum absolute atomic E-state index is 0.0171. The summed E-state index contributed by atoms with van der Waals surface area (Å²) in [7, 11) is 1.84. The fraction of sp³-hybridized carbons (Fsp3) is 0.350. The Balaban J connectivity index is 1.62. The van der Waals surface area contributed by atoms with Crippen LogP contribution in [-0.4, -0.2) is 38.7 Å². The third-order valence-corrected chi connectivity index (χ3v) is 5.39. The van der Waals surface area contributed by atoms with E-state index in [0.717, 1.165) is 36.2 Å². The summed E-state index contributed by atoms with van der Waals surface area (Å²) in [5, 5.41) is 5.82. The first-order valence-corrected chi connectivity index (χ1v) is 8.94. The lowest BCUT2D eigenvalue weighted by atomic mass is 9.93. The minimum Gasteiger partial charge on any atom is -0.338 e. The van der Waals surface area contributed by atoms with Gasteiger partial charge in [0.25, 0.3) is 11.5 Å². The first kappa shape index (κ1) is 16.6. The van der Waals surface area contributed by atoms with Crippen molar-refractivity contribution in [2.24, 2.45) is 7.05 Å². The van der Waals surface area contributed by atoms with Crippen molar-refractivity contribution in [2.75, 3.05) is 13.1 Å². The molecule has 6 heteroatoms. The number of H-pyrrole nitrogens is 1. The van der Waals surface area contributed by atoms with Crippen molar-refractivity contribution in [3.05, 3.63) is 63.8 Å². The molecule has 0 saturated carbocycles. The van der Waals surface area contributed by atoms with Gasteiger partial charge in [0.15, 0.2) is 0 Å². The molecular formula is C20H22N4O2. The number of likely N-dealkylation sites (tertiary alicyclic amines) is 1. The number of hydrogen-bond acceptors (Lipinski definition) is 3. The molecule has 1 aliphatic rings. The third-order valence-electron chi connectivity index (χ3n) is 5.39. The predicted molar refractivity (Wildman–Crippen MR) is 100 cm³/mol. The van der Waals surface area contributed by atoms with E-state index in [2.05, 4.69) is 10.1 Å². The summed E-state index contributed by atoms with van der Waals surface area (Å²) in [6.07, 6.45) is 3.52. The summed E-state index contributed by atoms with van der Waals surface area (Å²) in [6, 6.07) is 9.64. The quantitative estimate of drug-likeness (QED) is 0.772. The Morgan fingerprint density at radius 3 is 2.88 bits per heavy atom. The maximum Gasteiger partial charge on any atom is 0.257 e. The molecule has 1 amide bonds. The number of carbonyl (C=O) groups is 1. The zero-order valence-corrected chi connectivity index (χ0v) is 15.0. The lowest BCUT2D eigenvalue weighted by Gasteiger charge is -2.32. The Morgan fingerprint density at radius 1 is 1.31 bits per heavy atom. The van der Waals surface area contributed by atoms with E-state index in [1.54, 1.807) is 10.9 Å². The summed E-state index contributed by atoms with van der Waals surface area (Å²) in [5.74, 6) is 0.158. The molecule has 1 N–H and O–H groups in total. The number of carbonyl (C=O) groups excluding carboxylic acids is 1. The smallest absolute Gasteiger partial charge is 0.257 e. The number of pyridine rings is 1. The summed E-state index contributed by atoms with van der Waals surface area (Å²) in [6.45, 7) is 3.26. The summed E-state index contributed by atoms with van der Waals surface area (Å²) < 4.78 is 1.72. The Kier molecular flexibility index (Phi) is 4.11. The number of amides is 1. The fourth-order valence-corrected chi connectivity index (χ4v) is 3.75. The van der Waals surface area contributed by atoms with Crippen molar-refractivity contribution in [3.63, 3.8) is 0 Å². The minimum atomic E-state index is -0.0651. The lowest BCUT2D eigenvalue weighted by Crippen LogP contribution is -2.39. The van der Waals surface area contributed by atoms with Crippen LogP contribution in [0.1, 0.15) is 40.5 Å². The zero-order chi connectivity index (χ0) is 18.3. The van der Waals surface area contributed by atoms with Crippen molar-refractivity contribution in [1.29, 1.82) is 0 Å². The molecule has 1 fully saturated rings. The van der Waals surface area contributed by atoms with Crippen molar-refractivity contribution in [3.8, 4) is 0 Å². The molecule has 1 atom stereocenters. The molecule has 26 heavy (non-hydrogen) atoms. The molecule has 6 nitrogen and oxygen atoms in total. The van der Waals surface area contributed by atoms with Crippen LogP contribution in [0, 0.1) is 6.92 Å². The van der Waals surface area contributed by atoms with Crippen molar-refractivity contribution < 1.29 is 4.79 Å². The molecule has 3 aromatic rings. The summed E-state index contributed by atoms with van der Waals surface area (Å²) in [5.41, 5.74) is 2.37. The van der Waals surface area contributed by atoms with Gasteiger partial charge in [0.05, 0.1) is 11.8 Å². The average Bonchev–Trinajstić information content (AvgIpc) is 3.00. The molecule has 1 aliphatic heterocycles. The molecule has 134 valence electrons. The van der Waals surface area contributed by atoms with Gasteiger partial charge < -0.3 is 9.88 Å². The number of piperidine rings is 1. The third kappa shape index (κ3) is 2.81. The Bertz CT molecular complexity index is 1030. The standard InChI is InChI=1S/C20H22N4O2/c1-13-17(11-21-23(13)2)20(26)24-9-5-7-15(12-24)18-10-14-6-3-4-8-16(14)19(25)22-18/h3-4,6,8,10-11,15H,5,7,9,12H2,1-2H3,(H,22,25)/t15-/m1/s1. The number of nitrogens with zero attached hydrogens (tertiary/aromatic N) is 3. The number of hydrogen-bond donors (Lipinski definition) is 1. The summed E-state index contributed by atoms with van der Waals surface area (Å²) >= 11 is 0. The average molecular weight is 350 g/mol. The van der Waals surface area contributed by atoms with Crippen LogP contribution in [0.15, 0.2) is 41.3 Å². The molecule has 0 unspecified atom stereocenters. The van der Waals surface area contributed by atoms with Crippen LogP contribution < -0.4 is 5.56 Å². The number of fused-ring (bicyclic) bond motifs is 1. The van der Waals surface area contributed by atoms with E-state index in [1.165, 1.54) is 0 Å². The second-order valence-corrected chi connectivity index (χ2v) is 7.00. The van der Waals surface area contributed by atoms with Crippen LogP contribution in [0.4, 0.5) is 0 Å². The second kappa shape index (κ2) is 6.44. The van der Waals surface area contributed by atoms with Gasteiger partial charge in [-0.25, -0.2) is 0 Å². The topological polar surface area (TPSA) is 71.0 Å². The highest BCUT2D eigenvalue weighted by molar-refractivity contribution is 5.95. The van der Waals surface area contributed by atoms with Gasteiger partial charge in [0.2, 0.25) is 0 Å². The first-order valence-electron chi connectivity index (χ1n) is 8.94. The highest BCUT2D eigenvalue weighted by Gasteiger charge is 2.28. The SMILES string of the molecule is Cc1c(C(=O)N2CCC[C@@H](c3cc4ccccc4c(=O)[nH]3)C2)cnn1C. The molecule has 0 spiro atoms. The molecule has 0 bridgehead atoms. The van der Waals surface area contributed by atoms with Gasteiger partial charge in [-0.3, -0.25) is 14.3 Å². The maximum absolute atomic E-state index is 12.9. The Labute approximate surface area is 151 Å². The first-order chi connectivity index (χ1) is 12.5. The number of rotatable bonds is 2. The fourth-order valence-electron chi connectivity index (χ4n) is 3.75. The van der Waals surface area contributed by atoms with Crippen LogP contribution in [0.5, 0.6) is 0 Å². The van der Waals surface area contributed by atoms with Gasteiger partial charge in [-0.1, -0.05) is 18.2 Å². The van der Waals surface area contributed by atoms with Crippen LogP contribution in [-0.2, 0) is 7.05 Å². The number of benzene rings is 1. The molecule has 1 saturated heterocycles. The van der Waals surface area contributed by atoms with E-state index in [9.17, 15) is 9.59 Å². The molecule has 4 rings (SSSR count). The molecule has 1 aromatic carbocycles. The van der Waals surface area contributed by atoms with E-state index in [1.807, 2.05) is 49.2 Å². The molecule has 3 heterocycles. The maximum atomic E-state index is 12.9. The second-order valence-electron chi connectivity index (χ2n) is 7.00. The normalized spacial score (nSPS) is 17.6. The molecular weight excluding hydrogens is 328 g/mol. The van der Waals surface area contributed by atoms with E-state index < -0.39 is 0 Å². The van der Waals surface area contributed by atoms with Gasteiger partial charge in [-0.15, -0.1) is 0 Å². The van der Waals surface area contributed by atoms with E-state index in [-0.39, 0.29) is 17.4 Å². The number of aryl methyl sites for hydroxylation is 1. The number of aromatic nitrogens is 3. The lowest BCUT2D eigenvalue weighted by molar-refractivity contribution is 0.0705. The van der Waals surface area contributed by atoms with Gasteiger partial charge >= 0.3 is 0 Å².